The van der Waals surface area contributed by atoms with Crippen LogP contribution in [-0.2, 0) is 10.5 Å². The average molecular weight is 399 g/mol. The molecule has 8 heteroatoms. The topological polar surface area (TPSA) is 98.7 Å². The van der Waals surface area contributed by atoms with Gasteiger partial charge in [-0.3, -0.25) is 14.5 Å². The number of amides is 3. The number of carboxylic acid groups (broad SMARTS) is 1. The number of carboxylic acids is 1. The Bertz CT molecular complexity index is 870. The molecule has 0 aliphatic carbocycles. The minimum absolute atomic E-state index is 0.129. The summed E-state index contributed by atoms with van der Waals surface area (Å²) in [5.74, 6) is 0.203. The number of nitrogens with zero attached hydrogens (tertiary/aromatic N) is 1. The first-order valence-electron chi connectivity index (χ1n) is 8.88. The SMILES string of the molecule is O=C(O)CCSCc1cccc(NC(=O)c2ccc(N3CCNC3=O)cc2)c1. The second kappa shape index (κ2) is 9.27. The fourth-order valence-electron chi connectivity index (χ4n) is 2.80. The predicted octanol–water partition coefficient (Wildman–Crippen LogP) is 3.18. The summed E-state index contributed by atoms with van der Waals surface area (Å²) in [5.41, 5.74) is 2.96. The number of benzene rings is 2. The monoisotopic (exact) mass is 399 g/mol. The molecule has 1 aliphatic heterocycles. The van der Waals surface area contributed by atoms with Gasteiger partial charge < -0.3 is 15.7 Å². The smallest absolute Gasteiger partial charge is 0.321 e. The predicted molar refractivity (Wildman–Crippen MR) is 110 cm³/mol. The van der Waals surface area contributed by atoms with E-state index in [2.05, 4.69) is 10.6 Å². The molecule has 7 nitrogen and oxygen atoms in total. The van der Waals surface area contributed by atoms with Crippen LogP contribution in [0.3, 0.4) is 0 Å². The zero-order chi connectivity index (χ0) is 19.9. The van der Waals surface area contributed by atoms with Gasteiger partial charge in [-0.25, -0.2) is 4.79 Å². The second-order valence-electron chi connectivity index (χ2n) is 6.28. The summed E-state index contributed by atoms with van der Waals surface area (Å²) in [6.07, 6.45) is 0.135. The molecule has 0 unspecified atom stereocenters. The van der Waals surface area contributed by atoms with E-state index in [9.17, 15) is 14.4 Å². The molecule has 3 rings (SSSR count). The number of carbonyl (C=O) groups is 3. The lowest BCUT2D eigenvalue weighted by molar-refractivity contribution is -0.136. The van der Waals surface area contributed by atoms with Crippen LogP contribution in [0.5, 0.6) is 0 Å². The zero-order valence-electron chi connectivity index (χ0n) is 15.2. The molecule has 0 saturated carbocycles. The van der Waals surface area contributed by atoms with Gasteiger partial charge in [-0.2, -0.15) is 11.8 Å². The quantitative estimate of drug-likeness (QED) is 0.592. The van der Waals surface area contributed by atoms with E-state index in [1.54, 1.807) is 40.9 Å². The van der Waals surface area contributed by atoms with Gasteiger partial charge in [0.25, 0.3) is 5.91 Å². The number of thioether (sulfide) groups is 1. The average Bonchev–Trinajstić information content (AvgIpc) is 3.11. The summed E-state index contributed by atoms with van der Waals surface area (Å²) in [5, 5.41) is 14.3. The fourth-order valence-corrected chi connectivity index (χ4v) is 3.68. The number of anilines is 2. The van der Waals surface area contributed by atoms with E-state index in [4.69, 9.17) is 5.11 Å². The molecule has 1 fully saturated rings. The standard InChI is InChI=1S/C20H21N3O4S/c24-18(25)8-11-28-13-14-2-1-3-16(12-14)22-19(26)15-4-6-17(7-5-15)23-10-9-21-20(23)27/h1-7,12H,8-11,13H2,(H,21,27)(H,22,26)(H,24,25). The van der Waals surface area contributed by atoms with Gasteiger partial charge in [-0.15, -0.1) is 0 Å². The Balaban J connectivity index is 1.57. The Morgan fingerprint density at radius 3 is 2.64 bits per heavy atom. The number of carbonyl (C=O) groups excluding carboxylic acids is 2. The summed E-state index contributed by atoms with van der Waals surface area (Å²) >= 11 is 1.54. The minimum Gasteiger partial charge on any atom is -0.481 e. The molecule has 0 bridgehead atoms. The minimum atomic E-state index is -0.801. The number of urea groups is 1. The Morgan fingerprint density at radius 2 is 1.96 bits per heavy atom. The Kier molecular flexibility index (Phi) is 6.54. The van der Waals surface area contributed by atoms with Gasteiger partial charge in [0.2, 0.25) is 0 Å². The first-order chi connectivity index (χ1) is 13.5. The molecule has 28 heavy (non-hydrogen) atoms. The first kappa shape index (κ1) is 19.8. The number of hydrogen-bond donors (Lipinski definition) is 3. The van der Waals surface area contributed by atoms with Crippen molar-refractivity contribution in [3.05, 3.63) is 59.7 Å². The van der Waals surface area contributed by atoms with E-state index in [1.165, 1.54) is 0 Å². The Hall–Kier alpha value is -3.00. The fraction of sp³-hybridized carbons (Fsp3) is 0.250. The molecular formula is C20H21N3O4S. The molecule has 0 atom stereocenters. The van der Waals surface area contributed by atoms with Crippen molar-refractivity contribution in [2.75, 3.05) is 29.1 Å². The highest BCUT2D eigenvalue weighted by molar-refractivity contribution is 7.98. The molecule has 146 valence electrons. The molecule has 1 heterocycles. The normalized spacial score (nSPS) is 13.3. The maximum Gasteiger partial charge on any atom is 0.321 e. The van der Waals surface area contributed by atoms with Crippen molar-refractivity contribution < 1.29 is 19.5 Å². The van der Waals surface area contributed by atoms with E-state index >= 15 is 0 Å². The Morgan fingerprint density at radius 1 is 1.18 bits per heavy atom. The van der Waals surface area contributed by atoms with Crippen molar-refractivity contribution in [3.63, 3.8) is 0 Å². The summed E-state index contributed by atoms with van der Waals surface area (Å²) in [4.78, 5) is 36.4. The van der Waals surface area contributed by atoms with Gasteiger partial charge in [0, 0.05) is 41.5 Å². The zero-order valence-corrected chi connectivity index (χ0v) is 16.0. The van der Waals surface area contributed by atoms with E-state index in [0.717, 1.165) is 11.3 Å². The van der Waals surface area contributed by atoms with Gasteiger partial charge in [0.1, 0.15) is 0 Å². The number of hydrogen-bond acceptors (Lipinski definition) is 4. The highest BCUT2D eigenvalue weighted by atomic mass is 32.2. The first-order valence-corrected chi connectivity index (χ1v) is 10.0. The van der Waals surface area contributed by atoms with Crippen LogP contribution in [0.15, 0.2) is 48.5 Å². The van der Waals surface area contributed by atoms with Gasteiger partial charge in [-0.1, -0.05) is 12.1 Å². The third-order valence-electron chi connectivity index (χ3n) is 4.21. The summed E-state index contributed by atoms with van der Waals surface area (Å²) in [7, 11) is 0. The molecule has 1 saturated heterocycles. The third-order valence-corrected chi connectivity index (χ3v) is 5.24. The lowest BCUT2D eigenvalue weighted by Crippen LogP contribution is -2.27. The molecule has 0 aromatic heterocycles. The van der Waals surface area contributed by atoms with Crippen molar-refractivity contribution in [1.29, 1.82) is 0 Å². The van der Waals surface area contributed by atoms with Crippen LogP contribution in [0.2, 0.25) is 0 Å². The summed E-state index contributed by atoms with van der Waals surface area (Å²) in [6, 6.07) is 14.3. The lowest BCUT2D eigenvalue weighted by atomic mass is 10.1. The maximum absolute atomic E-state index is 12.5. The van der Waals surface area contributed by atoms with Crippen LogP contribution in [0, 0.1) is 0 Å². The lowest BCUT2D eigenvalue weighted by Gasteiger charge is -2.14. The van der Waals surface area contributed by atoms with E-state index in [-0.39, 0.29) is 18.4 Å². The van der Waals surface area contributed by atoms with Crippen LogP contribution in [0.4, 0.5) is 16.2 Å². The molecule has 2 aromatic rings. The van der Waals surface area contributed by atoms with Crippen molar-refractivity contribution in [2.45, 2.75) is 12.2 Å². The maximum atomic E-state index is 12.5. The largest absolute Gasteiger partial charge is 0.481 e. The van der Waals surface area contributed by atoms with E-state index < -0.39 is 5.97 Å². The van der Waals surface area contributed by atoms with Crippen LogP contribution in [0.25, 0.3) is 0 Å². The molecule has 0 spiro atoms. The van der Waals surface area contributed by atoms with Gasteiger partial charge in [0.15, 0.2) is 0 Å². The number of nitrogens with one attached hydrogen (secondary N) is 2. The van der Waals surface area contributed by atoms with Crippen molar-refractivity contribution in [2.24, 2.45) is 0 Å². The third kappa shape index (κ3) is 5.26. The molecule has 3 amide bonds. The second-order valence-corrected chi connectivity index (χ2v) is 7.39. The Labute approximate surface area is 167 Å². The highest BCUT2D eigenvalue weighted by Gasteiger charge is 2.21. The molecule has 3 N–H and O–H groups in total. The van der Waals surface area contributed by atoms with Crippen molar-refractivity contribution in [1.82, 2.24) is 5.32 Å². The van der Waals surface area contributed by atoms with Gasteiger partial charge in [0.05, 0.1) is 6.42 Å². The summed E-state index contributed by atoms with van der Waals surface area (Å²) < 4.78 is 0. The molecule has 2 aromatic carbocycles. The van der Waals surface area contributed by atoms with Crippen LogP contribution >= 0.6 is 11.8 Å². The highest BCUT2D eigenvalue weighted by Crippen LogP contribution is 2.20. The van der Waals surface area contributed by atoms with E-state index in [1.807, 2.05) is 24.3 Å². The number of rotatable bonds is 8. The van der Waals surface area contributed by atoms with Crippen LogP contribution in [-0.4, -0.2) is 41.9 Å². The van der Waals surface area contributed by atoms with Crippen molar-refractivity contribution >= 4 is 41.0 Å². The molecule has 0 radical (unpaired) electrons. The molecule has 1 aliphatic rings. The van der Waals surface area contributed by atoms with Crippen molar-refractivity contribution in [3.8, 4) is 0 Å². The van der Waals surface area contributed by atoms with Gasteiger partial charge >= 0.3 is 12.0 Å². The van der Waals surface area contributed by atoms with Gasteiger partial charge in [-0.05, 0) is 42.0 Å². The van der Waals surface area contributed by atoms with Crippen LogP contribution < -0.4 is 15.5 Å². The number of aliphatic carboxylic acids is 1. The van der Waals surface area contributed by atoms with E-state index in [0.29, 0.717) is 35.8 Å². The summed E-state index contributed by atoms with van der Waals surface area (Å²) in [6.45, 7) is 1.23. The molecular weight excluding hydrogens is 378 g/mol. The van der Waals surface area contributed by atoms with Crippen LogP contribution in [0.1, 0.15) is 22.3 Å².